The Morgan fingerprint density at radius 2 is 1.83 bits per heavy atom. The summed E-state index contributed by atoms with van der Waals surface area (Å²) in [4.78, 5) is 19.4. The number of rotatable bonds is 11. The topological polar surface area (TPSA) is 105 Å². The van der Waals surface area contributed by atoms with Gasteiger partial charge in [0.05, 0.1) is 6.61 Å². The lowest BCUT2D eigenvalue weighted by Gasteiger charge is -2.19. The van der Waals surface area contributed by atoms with Crippen LogP contribution in [-0.2, 0) is 30.8 Å². The molecule has 3 N–H and O–H groups in total. The molecule has 10 heteroatoms. The molecule has 0 fully saturated rings. The number of aliphatic hydroxyl groups is 1. The average molecular weight is 596 g/mol. The highest BCUT2D eigenvalue weighted by Gasteiger charge is 2.27. The fraction of sp³-hybridized carbons (Fsp3) is 0.258. The minimum Gasteiger partial charge on any atom is -0.488 e. The third-order valence-corrected chi connectivity index (χ3v) is 7.89. The van der Waals surface area contributed by atoms with E-state index in [0.717, 1.165) is 29.5 Å². The van der Waals surface area contributed by atoms with Crippen molar-refractivity contribution in [3.05, 3.63) is 111 Å². The molecule has 5 rings (SSSR count). The van der Waals surface area contributed by atoms with E-state index in [1.807, 2.05) is 30.3 Å². The highest BCUT2D eigenvalue weighted by Crippen LogP contribution is 2.42. The fourth-order valence-electron chi connectivity index (χ4n) is 5.25. The van der Waals surface area contributed by atoms with E-state index in [2.05, 4.69) is 21.4 Å². The van der Waals surface area contributed by atoms with Crippen LogP contribution in [-0.4, -0.2) is 38.8 Å². The van der Waals surface area contributed by atoms with Gasteiger partial charge in [-0.15, -0.1) is 0 Å². The Balaban J connectivity index is 1.42. The summed E-state index contributed by atoms with van der Waals surface area (Å²) in [5.74, 6) is -0.699. The monoisotopic (exact) mass is 595 g/mol. The number of carboxylic acid groups (broad SMARTS) is 1. The Morgan fingerprint density at radius 1 is 1.07 bits per heavy atom. The average Bonchev–Trinajstić information content (AvgIpc) is 3.38. The maximum absolute atomic E-state index is 14.6. The summed E-state index contributed by atoms with van der Waals surface area (Å²) >= 11 is 12.6. The summed E-state index contributed by atoms with van der Waals surface area (Å²) in [6, 6.07) is 15.4. The van der Waals surface area contributed by atoms with Crippen molar-refractivity contribution in [3.8, 4) is 16.9 Å². The Bertz CT molecular complexity index is 1550. The highest BCUT2D eigenvalue weighted by molar-refractivity contribution is 6.31. The van der Waals surface area contributed by atoms with Crippen molar-refractivity contribution >= 4 is 29.2 Å². The second-order valence-corrected chi connectivity index (χ2v) is 10.7. The molecule has 1 unspecified atom stereocenters. The van der Waals surface area contributed by atoms with Gasteiger partial charge in [-0.05, 0) is 77.2 Å². The van der Waals surface area contributed by atoms with Crippen LogP contribution in [0.3, 0.4) is 0 Å². The van der Waals surface area contributed by atoms with Crippen LogP contribution in [0.1, 0.15) is 40.2 Å². The molecule has 0 aliphatic heterocycles. The first kappa shape index (κ1) is 29.0. The van der Waals surface area contributed by atoms with Gasteiger partial charge in [0.1, 0.15) is 24.2 Å². The van der Waals surface area contributed by atoms with Gasteiger partial charge in [-0.3, -0.25) is 10.1 Å². The third-order valence-electron chi connectivity index (χ3n) is 7.34. The second-order valence-electron chi connectivity index (χ2n) is 9.95. The summed E-state index contributed by atoms with van der Waals surface area (Å²) in [6.45, 7) is -0.288. The molecule has 0 amide bonds. The van der Waals surface area contributed by atoms with Crippen LogP contribution in [0.15, 0.2) is 67.0 Å². The van der Waals surface area contributed by atoms with E-state index < -0.39 is 18.6 Å². The number of aliphatic carboxylic acids is 1. The number of carboxylic acids is 1. The van der Waals surface area contributed by atoms with Crippen LogP contribution in [0, 0.1) is 5.82 Å². The lowest BCUT2D eigenvalue weighted by molar-refractivity contribution is -0.140. The molecule has 0 saturated carbocycles. The molecule has 0 spiro atoms. The fourth-order valence-corrected chi connectivity index (χ4v) is 5.61. The summed E-state index contributed by atoms with van der Waals surface area (Å²) in [5, 5.41) is 22.2. The van der Waals surface area contributed by atoms with Gasteiger partial charge in [0, 0.05) is 40.7 Å². The van der Waals surface area contributed by atoms with E-state index in [0.29, 0.717) is 33.9 Å². The Kier molecular flexibility index (Phi) is 9.15. The van der Waals surface area contributed by atoms with Crippen LogP contribution in [0.4, 0.5) is 4.39 Å². The molecule has 7 nitrogen and oxygen atoms in total. The smallest absolute Gasteiger partial charge is 0.323 e. The zero-order valence-corrected chi connectivity index (χ0v) is 23.5. The normalized spacial score (nSPS) is 15.0. The number of nitrogens with one attached hydrogen (secondary N) is 1. The molecule has 0 bridgehead atoms. The van der Waals surface area contributed by atoms with Gasteiger partial charge in [-0.2, -0.15) is 0 Å². The number of fused-ring (bicyclic) bond motifs is 1. The standard InChI is InChI=1S/C31H28Cl2FN3O4/c32-26-11-21(15-35-28(16-38)30(39)40)29(41-17-18-13-36-31(33)37-14-18)12-20(26)10-19-8-9-24-22(19)5-3-6-23(24)25-4-1-2-7-27(25)34/h1-7,11-14,19,28,35,38H,8-10,15-17H2,(H,39,40)/t19-,28?/m1/s1. The zero-order chi connectivity index (χ0) is 28.9. The van der Waals surface area contributed by atoms with Crippen molar-refractivity contribution in [2.24, 2.45) is 0 Å². The summed E-state index contributed by atoms with van der Waals surface area (Å²) < 4.78 is 20.8. The molecule has 1 aliphatic rings. The summed E-state index contributed by atoms with van der Waals surface area (Å²) in [6.07, 6.45) is 5.52. The first-order valence-corrected chi connectivity index (χ1v) is 13.9. The molecule has 212 valence electrons. The third kappa shape index (κ3) is 6.68. The van der Waals surface area contributed by atoms with Gasteiger partial charge < -0.3 is 14.9 Å². The lowest BCUT2D eigenvalue weighted by Crippen LogP contribution is -2.39. The minimum atomic E-state index is -1.16. The molecule has 2 atom stereocenters. The van der Waals surface area contributed by atoms with Crippen molar-refractivity contribution < 1.29 is 24.1 Å². The highest BCUT2D eigenvalue weighted by atomic mass is 35.5. The molecule has 41 heavy (non-hydrogen) atoms. The molecular weight excluding hydrogens is 568 g/mol. The van der Waals surface area contributed by atoms with Crippen LogP contribution >= 0.6 is 23.2 Å². The van der Waals surface area contributed by atoms with Crippen LogP contribution in [0.25, 0.3) is 11.1 Å². The molecular formula is C31H28Cl2FN3O4. The molecule has 4 aromatic rings. The zero-order valence-electron chi connectivity index (χ0n) is 22.0. The van der Waals surface area contributed by atoms with E-state index in [4.69, 9.17) is 27.9 Å². The first-order valence-electron chi connectivity index (χ1n) is 13.2. The quantitative estimate of drug-likeness (QED) is 0.183. The lowest BCUT2D eigenvalue weighted by atomic mass is 9.90. The van der Waals surface area contributed by atoms with Crippen molar-refractivity contribution in [1.29, 1.82) is 0 Å². The van der Waals surface area contributed by atoms with E-state index in [1.165, 1.54) is 11.6 Å². The summed E-state index contributed by atoms with van der Waals surface area (Å²) in [5.41, 5.74) is 6.08. The molecule has 1 aromatic heterocycles. The number of benzene rings is 3. The van der Waals surface area contributed by atoms with E-state index in [9.17, 15) is 19.4 Å². The van der Waals surface area contributed by atoms with Crippen molar-refractivity contribution in [3.63, 3.8) is 0 Å². The maximum Gasteiger partial charge on any atom is 0.323 e. The van der Waals surface area contributed by atoms with Crippen LogP contribution in [0.2, 0.25) is 10.3 Å². The van der Waals surface area contributed by atoms with Crippen molar-refractivity contribution in [1.82, 2.24) is 15.3 Å². The van der Waals surface area contributed by atoms with Crippen molar-refractivity contribution in [2.75, 3.05) is 6.61 Å². The van der Waals surface area contributed by atoms with Crippen molar-refractivity contribution in [2.45, 2.75) is 44.4 Å². The van der Waals surface area contributed by atoms with Gasteiger partial charge >= 0.3 is 5.97 Å². The summed E-state index contributed by atoms with van der Waals surface area (Å²) in [7, 11) is 0. The Morgan fingerprint density at radius 3 is 2.56 bits per heavy atom. The van der Waals surface area contributed by atoms with Gasteiger partial charge in [-0.25, -0.2) is 14.4 Å². The first-order chi connectivity index (χ1) is 19.8. The number of hydrogen-bond donors (Lipinski definition) is 3. The predicted molar refractivity (Wildman–Crippen MR) is 155 cm³/mol. The number of aliphatic hydroxyl groups excluding tert-OH is 1. The van der Waals surface area contributed by atoms with Gasteiger partial charge in [0.2, 0.25) is 5.28 Å². The second kappa shape index (κ2) is 13.0. The Labute approximate surface area is 247 Å². The SMILES string of the molecule is O=C(O)C(CO)NCc1cc(Cl)c(C[C@H]2CCc3c(-c4ccccc4F)cccc32)cc1OCc1cnc(Cl)nc1. The maximum atomic E-state index is 14.6. The number of aromatic nitrogens is 2. The van der Waals surface area contributed by atoms with E-state index >= 15 is 0 Å². The minimum absolute atomic E-state index is 0.113. The van der Waals surface area contributed by atoms with Crippen LogP contribution < -0.4 is 10.1 Å². The predicted octanol–water partition coefficient (Wildman–Crippen LogP) is 5.98. The molecule has 1 aliphatic carbocycles. The largest absolute Gasteiger partial charge is 0.488 e. The molecule has 3 aromatic carbocycles. The molecule has 1 heterocycles. The van der Waals surface area contributed by atoms with E-state index in [1.54, 1.807) is 24.5 Å². The number of ether oxygens (including phenoxy) is 1. The van der Waals surface area contributed by atoms with Gasteiger partial charge in [0.15, 0.2) is 0 Å². The molecule has 0 radical (unpaired) electrons. The number of hydrogen-bond acceptors (Lipinski definition) is 6. The van der Waals surface area contributed by atoms with E-state index in [-0.39, 0.29) is 30.2 Å². The number of halogens is 3. The number of carbonyl (C=O) groups is 1. The van der Waals surface area contributed by atoms with Gasteiger partial charge in [-0.1, -0.05) is 48.0 Å². The number of nitrogens with zero attached hydrogens (tertiary/aromatic N) is 2. The molecule has 0 saturated heterocycles. The Hall–Kier alpha value is -3.56. The van der Waals surface area contributed by atoms with Crippen LogP contribution in [0.5, 0.6) is 5.75 Å². The van der Waals surface area contributed by atoms with Gasteiger partial charge in [0.25, 0.3) is 0 Å².